The molecule has 0 aromatic heterocycles. The van der Waals surface area contributed by atoms with Crippen LogP contribution in [0.3, 0.4) is 0 Å². The largest absolute Gasteiger partial charge is 0.489 e. The van der Waals surface area contributed by atoms with E-state index in [0.717, 1.165) is 9.87 Å². The highest BCUT2D eigenvalue weighted by Crippen LogP contribution is 2.30. The summed E-state index contributed by atoms with van der Waals surface area (Å²) in [6.07, 6.45) is 1.44. The van der Waals surface area contributed by atoms with Gasteiger partial charge in [-0.1, -0.05) is 65.1 Å². The van der Waals surface area contributed by atoms with E-state index in [-0.39, 0.29) is 20.6 Å². The molecule has 0 radical (unpaired) electrons. The van der Waals surface area contributed by atoms with Gasteiger partial charge in [-0.25, -0.2) is 13.8 Å². The number of carbonyl (C=O) groups excluding carboxylic acids is 1. The minimum atomic E-state index is -4.09. The molecule has 39 heavy (non-hydrogen) atoms. The van der Waals surface area contributed by atoms with Gasteiger partial charge in [0.1, 0.15) is 18.9 Å². The zero-order valence-electron chi connectivity index (χ0n) is 20.3. The van der Waals surface area contributed by atoms with E-state index < -0.39 is 22.5 Å². The zero-order chi connectivity index (χ0) is 27.8. The molecule has 4 rings (SSSR count). The molecule has 0 bridgehead atoms. The Morgan fingerprint density at radius 2 is 1.62 bits per heavy atom. The molecular weight excluding hydrogens is 581 g/mol. The summed E-state index contributed by atoms with van der Waals surface area (Å²) in [5.41, 5.74) is 4.19. The number of hydrazone groups is 1. The van der Waals surface area contributed by atoms with Gasteiger partial charge in [0.2, 0.25) is 0 Å². The first-order valence-electron chi connectivity index (χ1n) is 11.5. The van der Waals surface area contributed by atoms with Crippen molar-refractivity contribution in [2.24, 2.45) is 5.10 Å². The second-order valence-electron chi connectivity index (χ2n) is 8.20. The van der Waals surface area contributed by atoms with Crippen molar-refractivity contribution in [1.29, 1.82) is 0 Å². The van der Waals surface area contributed by atoms with Crippen LogP contribution < -0.4 is 14.5 Å². The lowest BCUT2D eigenvalue weighted by Gasteiger charge is -2.24. The summed E-state index contributed by atoms with van der Waals surface area (Å²) in [6.45, 7) is -0.173. The minimum absolute atomic E-state index is 0.0186. The number of carbonyl (C=O) groups is 1. The molecule has 0 unspecified atom stereocenters. The van der Waals surface area contributed by atoms with Gasteiger partial charge in [-0.05, 0) is 77.9 Å². The van der Waals surface area contributed by atoms with Crippen LogP contribution in [0.5, 0.6) is 5.75 Å². The Bertz CT molecular complexity index is 1580. The minimum Gasteiger partial charge on any atom is -0.489 e. The van der Waals surface area contributed by atoms with Crippen LogP contribution in [0, 0.1) is 0 Å². The van der Waals surface area contributed by atoms with E-state index in [4.69, 9.17) is 39.5 Å². The SMILES string of the molecule is O=C(CN(c1ccc(Cl)c(Cl)c1)S(=O)(=O)c1ccccc1)N/N=C\c1ccc(OCc2cccc(Cl)c2)cc1. The van der Waals surface area contributed by atoms with Gasteiger partial charge in [0.25, 0.3) is 15.9 Å². The molecule has 0 aliphatic heterocycles. The maximum absolute atomic E-state index is 13.4. The Kier molecular flexibility index (Phi) is 9.48. The number of hydrogen-bond donors (Lipinski definition) is 1. The second-order valence-corrected chi connectivity index (χ2v) is 11.3. The summed E-state index contributed by atoms with van der Waals surface area (Å²) < 4.78 is 33.4. The molecule has 0 atom stereocenters. The van der Waals surface area contributed by atoms with Gasteiger partial charge < -0.3 is 4.74 Å². The maximum atomic E-state index is 13.4. The Labute approximate surface area is 241 Å². The van der Waals surface area contributed by atoms with Crippen LogP contribution in [-0.4, -0.2) is 27.1 Å². The summed E-state index contributed by atoms with van der Waals surface area (Å²) in [6, 6.07) is 26.6. The molecule has 0 saturated heterocycles. The van der Waals surface area contributed by atoms with Crippen molar-refractivity contribution in [2.45, 2.75) is 11.5 Å². The average molecular weight is 603 g/mol. The summed E-state index contributed by atoms with van der Waals surface area (Å²) >= 11 is 18.1. The smallest absolute Gasteiger partial charge is 0.264 e. The number of rotatable bonds is 10. The Morgan fingerprint density at radius 1 is 0.872 bits per heavy atom. The fourth-order valence-corrected chi connectivity index (χ4v) is 5.40. The van der Waals surface area contributed by atoms with Gasteiger partial charge >= 0.3 is 0 Å². The summed E-state index contributed by atoms with van der Waals surface area (Å²) in [7, 11) is -4.09. The first kappa shape index (κ1) is 28.4. The molecule has 0 heterocycles. The van der Waals surface area contributed by atoms with Gasteiger partial charge in [0.15, 0.2) is 0 Å². The molecule has 0 saturated carbocycles. The number of sulfonamides is 1. The summed E-state index contributed by atoms with van der Waals surface area (Å²) in [5.74, 6) is -0.00199. The number of nitrogens with one attached hydrogen (secondary N) is 1. The molecular formula is C28H22Cl3N3O4S. The quantitative estimate of drug-likeness (QED) is 0.164. The van der Waals surface area contributed by atoms with Crippen molar-refractivity contribution < 1.29 is 17.9 Å². The van der Waals surface area contributed by atoms with Crippen LogP contribution in [0.25, 0.3) is 0 Å². The first-order valence-corrected chi connectivity index (χ1v) is 14.1. The van der Waals surface area contributed by atoms with E-state index in [9.17, 15) is 13.2 Å². The van der Waals surface area contributed by atoms with Gasteiger partial charge in [0.05, 0.1) is 26.8 Å². The van der Waals surface area contributed by atoms with Crippen molar-refractivity contribution in [3.05, 3.63) is 123 Å². The van der Waals surface area contributed by atoms with Crippen molar-refractivity contribution in [3.8, 4) is 5.75 Å². The molecule has 0 aliphatic carbocycles. The van der Waals surface area contributed by atoms with E-state index in [1.54, 1.807) is 48.5 Å². The molecule has 1 amide bonds. The molecule has 0 spiro atoms. The fourth-order valence-electron chi connectivity index (χ4n) is 3.46. The monoisotopic (exact) mass is 601 g/mol. The lowest BCUT2D eigenvalue weighted by atomic mass is 10.2. The third kappa shape index (κ3) is 7.74. The number of halogens is 3. The average Bonchev–Trinajstić information content (AvgIpc) is 2.93. The predicted octanol–water partition coefficient (Wildman–Crippen LogP) is 6.57. The van der Waals surface area contributed by atoms with Crippen LogP contribution in [-0.2, 0) is 21.4 Å². The van der Waals surface area contributed by atoms with Gasteiger partial charge in [0, 0.05) is 5.02 Å². The highest BCUT2D eigenvalue weighted by molar-refractivity contribution is 7.92. The summed E-state index contributed by atoms with van der Waals surface area (Å²) in [5, 5.41) is 5.01. The summed E-state index contributed by atoms with van der Waals surface area (Å²) in [4.78, 5) is 12.7. The third-order valence-corrected chi connectivity index (χ3v) is 8.15. The van der Waals surface area contributed by atoms with Crippen molar-refractivity contribution in [1.82, 2.24) is 5.43 Å². The standard InChI is InChI=1S/C28H22Cl3N3O4S/c29-22-6-4-5-21(15-22)19-38-24-12-9-20(10-13-24)17-32-33-28(35)18-34(23-11-14-26(30)27(31)16-23)39(36,37)25-7-2-1-3-8-25/h1-17H,18-19H2,(H,33,35)/b32-17-. The number of benzene rings is 4. The number of ether oxygens (including phenoxy) is 1. The number of nitrogens with zero attached hydrogens (tertiary/aromatic N) is 2. The zero-order valence-corrected chi connectivity index (χ0v) is 23.4. The van der Waals surface area contributed by atoms with Crippen LogP contribution >= 0.6 is 34.8 Å². The lowest BCUT2D eigenvalue weighted by Crippen LogP contribution is -2.39. The Balaban J connectivity index is 1.41. The molecule has 0 aliphatic rings. The Morgan fingerprint density at radius 3 is 2.31 bits per heavy atom. The molecule has 4 aromatic carbocycles. The van der Waals surface area contributed by atoms with Gasteiger partial charge in [-0.15, -0.1) is 0 Å². The highest BCUT2D eigenvalue weighted by atomic mass is 35.5. The van der Waals surface area contributed by atoms with E-state index in [0.29, 0.717) is 22.9 Å². The fraction of sp³-hybridized carbons (Fsp3) is 0.0714. The maximum Gasteiger partial charge on any atom is 0.264 e. The van der Waals surface area contributed by atoms with E-state index in [1.807, 2.05) is 18.2 Å². The van der Waals surface area contributed by atoms with Crippen molar-refractivity contribution in [2.75, 3.05) is 10.8 Å². The number of amides is 1. The number of hydrogen-bond acceptors (Lipinski definition) is 5. The van der Waals surface area contributed by atoms with Gasteiger partial charge in [-0.3, -0.25) is 9.10 Å². The van der Waals surface area contributed by atoms with Crippen LogP contribution in [0.15, 0.2) is 107 Å². The molecule has 200 valence electrons. The van der Waals surface area contributed by atoms with E-state index in [2.05, 4.69) is 10.5 Å². The van der Waals surface area contributed by atoms with Gasteiger partial charge in [-0.2, -0.15) is 5.10 Å². The topological polar surface area (TPSA) is 88.1 Å². The molecule has 7 nitrogen and oxygen atoms in total. The first-order chi connectivity index (χ1) is 18.7. The predicted molar refractivity (Wildman–Crippen MR) is 155 cm³/mol. The molecule has 4 aromatic rings. The highest BCUT2D eigenvalue weighted by Gasteiger charge is 2.27. The van der Waals surface area contributed by atoms with Crippen LogP contribution in [0.1, 0.15) is 11.1 Å². The molecule has 0 fully saturated rings. The normalized spacial score (nSPS) is 11.4. The van der Waals surface area contributed by atoms with Crippen molar-refractivity contribution >= 4 is 62.6 Å². The second kappa shape index (κ2) is 13.0. The third-order valence-electron chi connectivity index (χ3n) is 5.39. The van der Waals surface area contributed by atoms with E-state index in [1.165, 1.54) is 36.5 Å². The van der Waals surface area contributed by atoms with Crippen LogP contribution in [0.4, 0.5) is 5.69 Å². The number of anilines is 1. The van der Waals surface area contributed by atoms with E-state index >= 15 is 0 Å². The van der Waals surface area contributed by atoms with Crippen molar-refractivity contribution in [3.63, 3.8) is 0 Å². The molecule has 11 heteroatoms. The van der Waals surface area contributed by atoms with Crippen LogP contribution in [0.2, 0.25) is 15.1 Å². The molecule has 1 N–H and O–H groups in total. The Hall–Kier alpha value is -3.56. The lowest BCUT2D eigenvalue weighted by molar-refractivity contribution is -0.119.